The molecule has 6 heteroatoms. The molecule has 2 rings (SSSR count). The van der Waals surface area contributed by atoms with Crippen molar-refractivity contribution in [3.8, 4) is 17.3 Å². The molecule has 0 aromatic carbocycles. The van der Waals surface area contributed by atoms with Crippen LogP contribution in [-0.4, -0.2) is 25.5 Å². The van der Waals surface area contributed by atoms with Crippen LogP contribution in [-0.2, 0) is 5.75 Å². The third kappa shape index (κ3) is 3.01. The van der Waals surface area contributed by atoms with Gasteiger partial charge in [0.15, 0.2) is 11.5 Å². The van der Waals surface area contributed by atoms with E-state index in [9.17, 15) is 5.11 Å². The summed E-state index contributed by atoms with van der Waals surface area (Å²) in [5.41, 5.74) is 0.324. The highest BCUT2D eigenvalue weighted by Crippen LogP contribution is 2.25. The van der Waals surface area contributed by atoms with Crippen LogP contribution < -0.4 is 0 Å². The predicted molar refractivity (Wildman–Crippen MR) is 70.2 cm³/mol. The summed E-state index contributed by atoms with van der Waals surface area (Å²) in [6, 6.07) is 3.19. The minimum absolute atomic E-state index is 0.0438. The first-order chi connectivity index (χ1) is 8.70. The predicted octanol–water partition coefficient (Wildman–Crippen LogP) is 2.87. The Bertz CT molecular complexity index is 516. The van der Waals surface area contributed by atoms with E-state index >= 15 is 0 Å². The van der Waals surface area contributed by atoms with Gasteiger partial charge in [-0.25, -0.2) is 4.98 Å². The first kappa shape index (κ1) is 12.9. The van der Waals surface area contributed by atoms with Crippen molar-refractivity contribution in [3.05, 3.63) is 24.2 Å². The molecule has 18 heavy (non-hydrogen) atoms. The van der Waals surface area contributed by atoms with Crippen LogP contribution in [0.3, 0.4) is 0 Å². The second-order valence-corrected chi connectivity index (χ2v) is 5.34. The van der Waals surface area contributed by atoms with Gasteiger partial charge < -0.3 is 9.63 Å². The molecular formula is C12H15N3O2S. The number of nitrogens with zero attached hydrogens (tertiary/aromatic N) is 3. The maximum Gasteiger partial charge on any atom is 0.280 e. The highest BCUT2D eigenvalue weighted by Gasteiger charge is 2.14. The van der Waals surface area contributed by atoms with Crippen molar-refractivity contribution in [2.75, 3.05) is 0 Å². The summed E-state index contributed by atoms with van der Waals surface area (Å²) >= 11 is 1.77. The lowest BCUT2D eigenvalue weighted by Crippen LogP contribution is -1.94. The van der Waals surface area contributed by atoms with Gasteiger partial charge in [-0.15, -0.1) is 0 Å². The SMILES string of the molecule is CCC(C)SCc1noc(-c2ncccc2O)n1. The summed E-state index contributed by atoms with van der Waals surface area (Å²) in [5, 5.41) is 14.1. The molecule has 0 aliphatic carbocycles. The molecule has 1 N–H and O–H groups in total. The molecule has 0 aliphatic heterocycles. The number of aromatic nitrogens is 3. The van der Waals surface area contributed by atoms with Gasteiger partial charge in [0.25, 0.3) is 5.89 Å². The first-order valence-electron chi connectivity index (χ1n) is 5.79. The Labute approximate surface area is 110 Å². The third-order valence-corrected chi connectivity index (χ3v) is 3.86. The highest BCUT2D eigenvalue weighted by atomic mass is 32.2. The second-order valence-electron chi connectivity index (χ2n) is 3.92. The molecule has 96 valence electrons. The summed E-state index contributed by atoms with van der Waals surface area (Å²) in [6.45, 7) is 4.31. The fourth-order valence-corrected chi connectivity index (χ4v) is 2.09. The molecule has 0 spiro atoms. The molecule has 5 nitrogen and oxygen atoms in total. The largest absolute Gasteiger partial charge is 0.505 e. The van der Waals surface area contributed by atoms with Gasteiger partial charge in [0.05, 0.1) is 5.75 Å². The minimum Gasteiger partial charge on any atom is -0.505 e. The lowest BCUT2D eigenvalue weighted by molar-refractivity contribution is 0.417. The van der Waals surface area contributed by atoms with E-state index in [2.05, 4.69) is 29.0 Å². The quantitative estimate of drug-likeness (QED) is 0.896. The monoisotopic (exact) mass is 265 g/mol. The maximum atomic E-state index is 9.63. The zero-order valence-corrected chi connectivity index (χ0v) is 11.1. The van der Waals surface area contributed by atoms with E-state index in [1.165, 1.54) is 0 Å². The minimum atomic E-state index is 0.0438. The molecule has 2 aromatic heterocycles. The van der Waals surface area contributed by atoms with Crippen molar-refractivity contribution in [2.24, 2.45) is 0 Å². The zero-order chi connectivity index (χ0) is 13.0. The smallest absolute Gasteiger partial charge is 0.280 e. The van der Waals surface area contributed by atoms with Gasteiger partial charge in [0.2, 0.25) is 0 Å². The lowest BCUT2D eigenvalue weighted by atomic mass is 10.3. The fraction of sp³-hybridized carbons (Fsp3) is 0.417. The van der Waals surface area contributed by atoms with Gasteiger partial charge in [-0.1, -0.05) is 19.0 Å². The normalized spacial score (nSPS) is 12.6. The molecule has 1 unspecified atom stereocenters. The van der Waals surface area contributed by atoms with Crippen LogP contribution >= 0.6 is 11.8 Å². The van der Waals surface area contributed by atoms with Gasteiger partial charge >= 0.3 is 0 Å². The average molecular weight is 265 g/mol. The van der Waals surface area contributed by atoms with E-state index < -0.39 is 0 Å². The Kier molecular flexibility index (Phi) is 4.19. The van der Waals surface area contributed by atoms with Crippen molar-refractivity contribution >= 4 is 11.8 Å². The Morgan fingerprint density at radius 2 is 2.33 bits per heavy atom. The van der Waals surface area contributed by atoms with Crippen LogP contribution in [0.25, 0.3) is 11.6 Å². The number of hydrogen-bond acceptors (Lipinski definition) is 6. The van der Waals surface area contributed by atoms with Crippen molar-refractivity contribution in [2.45, 2.75) is 31.3 Å². The molecule has 0 bridgehead atoms. The van der Waals surface area contributed by atoms with E-state index in [0.717, 1.165) is 6.42 Å². The van der Waals surface area contributed by atoms with Crippen LogP contribution in [0.15, 0.2) is 22.9 Å². The van der Waals surface area contributed by atoms with Crippen molar-refractivity contribution in [1.82, 2.24) is 15.1 Å². The van der Waals surface area contributed by atoms with Crippen LogP contribution in [0.2, 0.25) is 0 Å². The van der Waals surface area contributed by atoms with Crippen LogP contribution in [0.5, 0.6) is 5.75 Å². The topological polar surface area (TPSA) is 72.0 Å². The fourth-order valence-electron chi connectivity index (χ4n) is 1.31. The van der Waals surface area contributed by atoms with Gasteiger partial charge in [-0.05, 0) is 18.6 Å². The van der Waals surface area contributed by atoms with Gasteiger partial charge in [-0.3, -0.25) is 0 Å². The first-order valence-corrected chi connectivity index (χ1v) is 6.84. The molecule has 0 saturated carbocycles. The molecule has 0 saturated heterocycles. The summed E-state index contributed by atoms with van der Waals surface area (Å²) in [4.78, 5) is 8.25. The Morgan fingerprint density at radius 1 is 1.50 bits per heavy atom. The molecule has 0 aliphatic rings. The third-order valence-electron chi connectivity index (χ3n) is 2.53. The van der Waals surface area contributed by atoms with Crippen molar-refractivity contribution in [3.63, 3.8) is 0 Å². The van der Waals surface area contributed by atoms with Crippen molar-refractivity contribution in [1.29, 1.82) is 0 Å². The summed E-state index contributed by atoms with van der Waals surface area (Å²) in [6.07, 6.45) is 2.68. The maximum absolute atomic E-state index is 9.63. The number of thioether (sulfide) groups is 1. The number of rotatable bonds is 5. The summed E-state index contributed by atoms with van der Waals surface area (Å²) in [7, 11) is 0. The van der Waals surface area contributed by atoms with Crippen molar-refractivity contribution < 1.29 is 9.63 Å². The average Bonchev–Trinajstić information content (AvgIpc) is 2.85. The van der Waals surface area contributed by atoms with Crippen LogP contribution in [0.1, 0.15) is 26.1 Å². The molecule has 0 amide bonds. The molecule has 1 atom stereocenters. The molecule has 2 heterocycles. The van der Waals surface area contributed by atoms with E-state index in [1.54, 1.807) is 30.1 Å². The molecule has 0 radical (unpaired) electrons. The summed E-state index contributed by atoms with van der Waals surface area (Å²) in [5.74, 6) is 1.63. The molecule has 2 aromatic rings. The van der Waals surface area contributed by atoms with E-state index in [1.807, 2.05) is 0 Å². The van der Waals surface area contributed by atoms with Crippen LogP contribution in [0, 0.1) is 0 Å². The summed E-state index contributed by atoms with van der Waals surface area (Å²) < 4.78 is 5.10. The second kappa shape index (κ2) is 5.86. The number of hydrogen-bond donors (Lipinski definition) is 1. The molecular weight excluding hydrogens is 250 g/mol. The highest BCUT2D eigenvalue weighted by molar-refractivity contribution is 7.99. The van der Waals surface area contributed by atoms with Gasteiger partial charge in [0.1, 0.15) is 5.75 Å². The Morgan fingerprint density at radius 3 is 3.06 bits per heavy atom. The van der Waals surface area contributed by atoms with E-state index in [-0.39, 0.29) is 11.6 Å². The van der Waals surface area contributed by atoms with E-state index in [0.29, 0.717) is 22.5 Å². The Hall–Kier alpha value is -1.56. The molecule has 0 fully saturated rings. The van der Waals surface area contributed by atoms with Gasteiger partial charge in [0, 0.05) is 11.4 Å². The van der Waals surface area contributed by atoms with Crippen LogP contribution in [0.4, 0.5) is 0 Å². The van der Waals surface area contributed by atoms with E-state index in [4.69, 9.17) is 4.52 Å². The Balaban J connectivity index is 2.09. The standard InChI is InChI=1S/C12H15N3O2S/c1-3-8(2)18-7-10-14-12(17-15-10)11-9(16)5-4-6-13-11/h4-6,8,16H,3,7H2,1-2H3. The zero-order valence-electron chi connectivity index (χ0n) is 10.3. The lowest BCUT2D eigenvalue weighted by Gasteiger charge is -2.04. The number of aromatic hydroxyl groups is 1. The van der Waals surface area contributed by atoms with Gasteiger partial charge in [-0.2, -0.15) is 16.7 Å². The number of pyridine rings is 1.